The summed E-state index contributed by atoms with van der Waals surface area (Å²) in [6, 6.07) is 19.5. The zero-order chi connectivity index (χ0) is 18.2. The summed E-state index contributed by atoms with van der Waals surface area (Å²) in [5.74, 6) is 1.43. The van der Waals surface area contributed by atoms with Gasteiger partial charge in [0.1, 0.15) is 18.5 Å². The monoisotopic (exact) mass is 350 g/mol. The van der Waals surface area contributed by atoms with Crippen LogP contribution in [0.5, 0.6) is 5.75 Å². The topological polar surface area (TPSA) is 56.5 Å². The van der Waals surface area contributed by atoms with E-state index in [-0.39, 0.29) is 6.61 Å². The quantitative estimate of drug-likeness (QED) is 0.751. The summed E-state index contributed by atoms with van der Waals surface area (Å²) in [6.07, 6.45) is 3.37. The van der Waals surface area contributed by atoms with Gasteiger partial charge in [-0.2, -0.15) is 5.26 Å². The fourth-order valence-electron chi connectivity index (χ4n) is 3.25. The SMILES string of the molecule is N#Cc1ccc(OCC(O)CN(Cc2ccccc2)CC2CCC2)cc1. The summed E-state index contributed by atoms with van der Waals surface area (Å²) in [5, 5.41) is 19.3. The van der Waals surface area contributed by atoms with Crippen molar-refractivity contribution in [3.63, 3.8) is 0 Å². The minimum Gasteiger partial charge on any atom is -0.491 e. The first-order valence-electron chi connectivity index (χ1n) is 9.30. The van der Waals surface area contributed by atoms with Gasteiger partial charge in [-0.1, -0.05) is 36.8 Å². The lowest BCUT2D eigenvalue weighted by Gasteiger charge is -2.33. The first-order chi connectivity index (χ1) is 12.7. The Kier molecular flexibility index (Phi) is 6.65. The second-order valence-corrected chi connectivity index (χ2v) is 7.08. The molecule has 0 heterocycles. The normalized spacial score (nSPS) is 15.3. The Labute approximate surface area is 155 Å². The molecule has 1 aliphatic carbocycles. The number of hydrogen-bond acceptors (Lipinski definition) is 4. The van der Waals surface area contributed by atoms with Crippen LogP contribution in [0, 0.1) is 17.2 Å². The van der Waals surface area contributed by atoms with Crippen molar-refractivity contribution in [2.75, 3.05) is 19.7 Å². The Morgan fingerprint density at radius 3 is 2.46 bits per heavy atom. The Balaban J connectivity index is 1.51. The van der Waals surface area contributed by atoms with Crippen molar-refractivity contribution in [2.45, 2.75) is 31.9 Å². The molecular weight excluding hydrogens is 324 g/mol. The Bertz CT molecular complexity index is 705. The lowest BCUT2D eigenvalue weighted by atomic mass is 9.85. The molecule has 26 heavy (non-hydrogen) atoms. The molecule has 1 unspecified atom stereocenters. The van der Waals surface area contributed by atoms with Gasteiger partial charge in [0.25, 0.3) is 0 Å². The molecule has 136 valence electrons. The van der Waals surface area contributed by atoms with Crippen LogP contribution in [0.25, 0.3) is 0 Å². The lowest BCUT2D eigenvalue weighted by molar-refractivity contribution is 0.0533. The molecule has 1 saturated carbocycles. The van der Waals surface area contributed by atoms with E-state index >= 15 is 0 Å². The first-order valence-corrected chi connectivity index (χ1v) is 9.30. The van der Waals surface area contributed by atoms with Crippen molar-refractivity contribution < 1.29 is 9.84 Å². The van der Waals surface area contributed by atoms with E-state index in [2.05, 4.69) is 35.2 Å². The molecule has 0 spiro atoms. The highest BCUT2D eigenvalue weighted by atomic mass is 16.5. The number of rotatable bonds is 9. The Morgan fingerprint density at radius 2 is 1.85 bits per heavy atom. The van der Waals surface area contributed by atoms with Gasteiger partial charge in [-0.15, -0.1) is 0 Å². The van der Waals surface area contributed by atoms with Gasteiger partial charge in [0.2, 0.25) is 0 Å². The van der Waals surface area contributed by atoms with Crippen LogP contribution in [0.2, 0.25) is 0 Å². The van der Waals surface area contributed by atoms with Crippen molar-refractivity contribution in [3.8, 4) is 11.8 Å². The van der Waals surface area contributed by atoms with Crippen molar-refractivity contribution >= 4 is 0 Å². The predicted molar refractivity (Wildman–Crippen MR) is 102 cm³/mol. The summed E-state index contributed by atoms with van der Waals surface area (Å²) >= 11 is 0. The third-order valence-electron chi connectivity index (χ3n) is 4.88. The van der Waals surface area contributed by atoms with E-state index in [9.17, 15) is 5.11 Å². The minimum absolute atomic E-state index is 0.252. The molecule has 4 nitrogen and oxygen atoms in total. The molecule has 3 rings (SSSR count). The molecule has 1 aliphatic rings. The fraction of sp³-hybridized carbons (Fsp3) is 0.409. The number of aliphatic hydroxyl groups is 1. The molecule has 2 aromatic rings. The largest absolute Gasteiger partial charge is 0.491 e. The third kappa shape index (κ3) is 5.59. The number of aliphatic hydroxyl groups excluding tert-OH is 1. The zero-order valence-electron chi connectivity index (χ0n) is 15.1. The maximum atomic E-state index is 10.4. The molecule has 0 aliphatic heterocycles. The molecule has 0 aromatic heterocycles. The number of ether oxygens (including phenoxy) is 1. The summed E-state index contributed by atoms with van der Waals surface area (Å²) in [7, 11) is 0. The van der Waals surface area contributed by atoms with Gasteiger partial charge >= 0.3 is 0 Å². The summed E-state index contributed by atoms with van der Waals surface area (Å²) < 4.78 is 5.68. The fourth-order valence-corrected chi connectivity index (χ4v) is 3.25. The average molecular weight is 350 g/mol. The molecule has 1 N–H and O–H groups in total. The van der Waals surface area contributed by atoms with Crippen LogP contribution in [0.4, 0.5) is 0 Å². The maximum absolute atomic E-state index is 10.4. The second-order valence-electron chi connectivity index (χ2n) is 7.08. The molecule has 0 radical (unpaired) electrons. The van der Waals surface area contributed by atoms with Crippen LogP contribution in [-0.4, -0.2) is 35.8 Å². The molecule has 4 heteroatoms. The molecule has 2 aromatic carbocycles. The number of nitriles is 1. The van der Waals surface area contributed by atoms with Gasteiger partial charge in [0.05, 0.1) is 11.6 Å². The van der Waals surface area contributed by atoms with E-state index in [1.54, 1.807) is 24.3 Å². The highest BCUT2D eigenvalue weighted by molar-refractivity contribution is 5.34. The highest BCUT2D eigenvalue weighted by Crippen LogP contribution is 2.27. The van der Waals surface area contributed by atoms with Crippen LogP contribution in [0.1, 0.15) is 30.4 Å². The second kappa shape index (κ2) is 9.38. The van der Waals surface area contributed by atoms with Gasteiger partial charge in [0.15, 0.2) is 0 Å². The molecule has 0 bridgehead atoms. The van der Waals surface area contributed by atoms with E-state index in [0.29, 0.717) is 17.9 Å². The van der Waals surface area contributed by atoms with Crippen LogP contribution < -0.4 is 4.74 Å². The Morgan fingerprint density at radius 1 is 1.12 bits per heavy atom. The third-order valence-corrected chi connectivity index (χ3v) is 4.88. The molecular formula is C22H26N2O2. The van der Waals surface area contributed by atoms with E-state index in [1.807, 2.05) is 6.07 Å². The number of benzene rings is 2. The van der Waals surface area contributed by atoms with E-state index in [0.717, 1.165) is 19.0 Å². The Hall–Kier alpha value is -2.35. The van der Waals surface area contributed by atoms with Crippen LogP contribution in [0.3, 0.4) is 0 Å². The zero-order valence-corrected chi connectivity index (χ0v) is 15.1. The van der Waals surface area contributed by atoms with Gasteiger partial charge < -0.3 is 9.84 Å². The lowest BCUT2D eigenvalue weighted by Crippen LogP contribution is -2.39. The summed E-state index contributed by atoms with van der Waals surface area (Å²) in [5.41, 5.74) is 1.87. The smallest absolute Gasteiger partial charge is 0.119 e. The first kappa shape index (κ1) is 18.4. The van der Waals surface area contributed by atoms with Crippen molar-refractivity contribution in [1.82, 2.24) is 4.90 Å². The summed E-state index contributed by atoms with van der Waals surface area (Å²) in [4.78, 5) is 2.34. The van der Waals surface area contributed by atoms with Gasteiger partial charge in [-0.3, -0.25) is 4.90 Å². The van der Waals surface area contributed by atoms with Crippen molar-refractivity contribution in [3.05, 3.63) is 65.7 Å². The van der Waals surface area contributed by atoms with E-state index in [4.69, 9.17) is 10.00 Å². The average Bonchev–Trinajstić information content (AvgIpc) is 2.64. The molecule has 0 saturated heterocycles. The number of hydrogen-bond donors (Lipinski definition) is 1. The van der Waals surface area contributed by atoms with Crippen LogP contribution in [-0.2, 0) is 6.54 Å². The predicted octanol–water partition coefficient (Wildman–Crippen LogP) is 3.60. The van der Waals surface area contributed by atoms with E-state index < -0.39 is 6.10 Å². The minimum atomic E-state index is -0.547. The molecule has 0 amide bonds. The number of nitrogens with zero attached hydrogens (tertiary/aromatic N) is 2. The standard InChI is InChI=1S/C22H26N2O2/c23-13-18-9-11-22(12-10-18)26-17-21(25)16-24(15-20-7-4-8-20)14-19-5-2-1-3-6-19/h1-3,5-6,9-12,20-21,25H,4,7-8,14-17H2. The van der Waals surface area contributed by atoms with Crippen LogP contribution >= 0.6 is 0 Å². The van der Waals surface area contributed by atoms with Gasteiger partial charge in [0, 0.05) is 19.6 Å². The van der Waals surface area contributed by atoms with Crippen LogP contribution in [0.15, 0.2) is 54.6 Å². The molecule has 1 fully saturated rings. The maximum Gasteiger partial charge on any atom is 0.119 e. The van der Waals surface area contributed by atoms with Gasteiger partial charge in [-0.05, 0) is 48.6 Å². The van der Waals surface area contributed by atoms with Crippen molar-refractivity contribution in [1.29, 1.82) is 5.26 Å². The van der Waals surface area contributed by atoms with Gasteiger partial charge in [-0.25, -0.2) is 0 Å². The van der Waals surface area contributed by atoms with Crippen molar-refractivity contribution in [2.24, 2.45) is 5.92 Å². The highest BCUT2D eigenvalue weighted by Gasteiger charge is 2.22. The summed E-state index contributed by atoms with van der Waals surface area (Å²) in [6.45, 7) is 2.73. The molecule has 1 atom stereocenters. The van der Waals surface area contributed by atoms with E-state index in [1.165, 1.54) is 24.8 Å².